The van der Waals surface area contributed by atoms with E-state index in [1.807, 2.05) is 5.06 Å². The minimum absolute atomic E-state index is 0.00610. The second-order valence-corrected chi connectivity index (χ2v) is 12.0. The standard InChI is InChI=1S/C27H48N2O5/c1-12-20(33-22-18-26(7,8)29(32-11)27(9,13-2)19-22)14-15-23(30)34-21-16-24(3,4)28(31-10)25(5,6)17-21/h21-22H,1,13-19H2,2-11H3. The molecule has 0 aromatic heterocycles. The van der Waals surface area contributed by atoms with Gasteiger partial charge in [0.25, 0.3) is 0 Å². The molecule has 0 aromatic carbocycles. The molecule has 2 aliphatic heterocycles. The number of carbonyl (C=O) groups excluding carboxylic acids is 1. The lowest BCUT2D eigenvalue weighted by Crippen LogP contribution is -2.62. The first-order chi connectivity index (χ1) is 15.6. The summed E-state index contributed by atoms with van der Waals surface area (Å²) in [6.45, 7) is 21.0. The first-order valence-corrected chi connectivity index (χ1v) is 12.6. The van der Waals surface area contributed by atoms with E-state index in [4.69, 9.17) is 19.1 Å². The average molecular weight is 481 g/mol. The van der Waals surface area contributed by atoms with Crippen LogP contribution in [0, 0.1) is 0 Å². The zero-order chi connectivity index (χ0) is 25.9. The van der Waals surface area contributed by atoms with Gasteiger partial charge in [-0.15, -0.1) is 0 Å². The number of hydrogen-bond donors (Lipinski definition) is 0. The highest BCUT2D eigenvalue weighted by molar-refractivity contribution is 5.69. The van der Waals surface area contributed by atoms with Gasteiger partial charge in [-0.25, -0.2) is 0 Å². The molecular formula is C27H48N2O5. The highest BCUT2D eigenvalue weighted by Crippen LogP contribution is 2.42. The molecule has 2 fully saturated rings. The Morgan fingerprint density at radius 3 is 1.74 bits per heavy atom. The number of allylic oxidation sites excluding steroid dienone is 1. The molecule has 0 aliphatic carbocycles. The van der Waals surface area contributed by atoms with Gasteiger partial charge in [-0.1, -0.05) is 19.2 Å². The van der Waals surface area contributed by atoms with Crippen LogP contribution in [0.25, 0.3) is 0 Å². The van der Waals surface area contributed by atoms with Gasteiger partial charge in [0.1, 0.15) is 18.0 Å². The number of hydroxylamine groups is 4. The highest BCUT2D eigenvalue weighted by atomic mass is 16.7. The van der Waals surface area contributed by atoms with Gasteiger partial charge < -0.3 is 19.1 Å². The Bertz CT molecular complexity index is 753. The number of esters is 1. The summed E-state index contributed by atoms with van der Waals surface area (Å²) in [5, 5.41) is 4.11. The molecule has 196 valence electrons. The van der Waals surface area contributed by atoms with Gasteiger partial charge in [-0.3, -0.25) is 4.79 Å². The van der Waals surface area contributed by atoms with Crippen LogP contribution in [0.1, 0.15) is 100 Å². The number of hydrogen-bond acceptors (Lipinski definition) is 7. The molecule has 2 saturated heterocycles. The van der Waals surface area contributed by atoms with Gasteiger partial charge in [0.05, 0.1) is 20.6 Å². The van der Waals surface area contributed by atoms with Crippen molar-refractivity contribution in [2.45, 2.75) is 135 Å². The fraction of sp³-hybridized carbons (Fsp3) is 0.852. The lowest BCUT2D eigenvalue weighted by atomic mass is 9.78. The van der Waals surface area contributed by atoms with Crippen molar-refractivity contribution in [3.8, 4) is 0 Å². The number of ether oxygens (including phenoxy) is 2. The number of carbonyl (C=O) groups is 1. The molecule has 0 amide bonds. The Labute approximate surface area is 207 Å². The van der Waals surface area contributed by atoms with Gasteiger partial charge in [-0.2, -0.15) is 10.1 Å². The van der Waals surface area contributed by atoms with Crippen LogP contribution in [0.15, 0.2) is 18.1 Å². The monoisotopic (exact) mass is 480 g/mol. The molecule has 0 N–H and O–H groups in total. The van der Waals surface area contributed by atoms with Crippen LogP contribution in [0.5, 0.6) is 0 Å². The first-order valence-electron chi connectivity index (χ1n) is 12.6. The summed E-state index contributed by atoms with van der Waals surface area (Å²) in [4.78, 5) is 24.1. The van der Waals surface area contributed by atoms with Crippen molar-refractivity contribution < 1.29 is 23.9 Å². The topological polar surface area (TPSA) is 60.5 Å². The maximum atomic E-state index is 12.7. The lowest BCUT2D eigenvalue weighted by molar-refractivity contribution is -0.283. The number of piperidine rings is 2. The van der Waals surface area contributed by atoms with Gasteiger partial charge in [0.15, 0.2) is 0 Å². The Kier molecular flexibility index (Phi) is 9.10. The molecule has 0 bridgehead atoms. The summed E-state index contributed by atoms with van der Waals surface area (Å²) in [5.74, 6) is 0.406. The van der Waals surface area contributed by atoms with E-state index in [2.05, 4.69) is 72.8 Å². The average Bonchev–Trinajstić information content (AvgIpc) is 2.68. The van der Waals surface area contributed by atoms with E-state index < -0.39 is 0 Å². The molecule has 2 atom stereocenters. The molecule has 0 radical (unpaired) electrons. The second-order valence-electron chi connectivity index (χ2n) is 12.0. The quantitative estimate of drug-likeness (QED) is 0.243. The summed E-state index contributed by atoms with van der Waals surface area (Å²) in [6.07, 6.45) is 4.56. The molecule has 7 heteroatoms. The van der Waals surface area contributed by atoms with Crippen molar-refractivity contribution >= 4 is 5.97 Å². The Morgan fingerprint density at radius 1 is 0.824 bits per heavy atom. The normalized spacial score (nSPS) is 29.3. The maximum Gasteiger partial charge on any atom is 0.306 e. The largest absolute Gasteiger partial charge is 0.487 e. The fourth-order valence-corrected chi connectivity index (χ4v) is 6.45. The summed E-state index contributed by atoms with van der Waals surface area (Å²) in [7, 11) is 3.43. The van der Waals surface area contributed by atoms with Gasteiger partial charge in [0.2, 0.25) is 0 Å². The zero-order valence-corrected chi connectivity index (χ0v) is 23.2. The smallest absolute Gasteiger partial charge is 0.306 e. The van der Waals surface area contributed by atoms with Crippen molar-refractivity contribution in [3.63, 3.8) is 0 Å². The second kappa shape index (κ2) is 10.7. The van der Waals surface area contributed by atoms with Gasteiger partial charge in [0, 0.05) is 54.3 Å². The predicted molar refractivity (Wildman–Crippen MR) is 134 cm³/mol. The van der Waals surface area contributed by atoms with E-state index in [0.717, 1.165) is 32.1 Å². The molecule has 2 aliphatic rings. The maximum absolute atomic E-state index is 12.7. The summed E-state index contributed by atoms with van der Waals surface area (Å²) in [5.41, 5.74) is 2.14. The highest BCUT2D eigenvalue weighted by Gasteiger charge is 2.49. The van der Waals surface area contributed by atoms with Crippen LogP contribution in [0.4, 0.5) is 0 Å². The third kappa shape index (κ3) is 6.44. The van der Waals surface area contributed by atoms with E-state index in [1.165, 1.54) is 0 Å². The fourth-order valence-electron chi connectivity index (χ4n) is 6.45. The molecule has 2 rings (SSSR count). The molecular weight excluding hydrogens is 432 g/mol. The van der Waals surface area contributed by atoms with Crippen LogP contribution in [0.2, 0.25) is 0 Å². The van der Waals surface area contributed by atoms with Crippen molar-refractivity contribution in [3.05, 3.63) is 18.1 Å². The third-order valence-electron chi connectivity index (χ3n) is 7.48. The molecule has 2 heterocycles. The van der Waals surface area contributed by atoms with Crippen LogP contribution >= 0.6 is 0 Å². The number of nitrogens with zero attached hydrogens (tertiary/aromatic N) is 2. The van der Waals surface area contributed by atoms with Gasteiger partial charge in [-0.05, 0) is 54.9 Å². The van der Waals surface area contributed by atoms with Crippen LogP contribution in [0.3, 0.4) is 0 Å². The van der Waals surface area contributed by atoms with E-state index in [-0.39, 0.29) is 46.8 Å². The molecule has 2 unspecified atom stereocenters. The van der Waals surface area contributed by atoms with Crippen molar-refractivity contribution in [2.24, 2.45) is 0 Å². The predicted octanol–water partition coefficient (Wildman–Crippen LogP) is 5.55. The molecule has 7 nitrogen and oxygen atoms in total. The van der Waals surface area contributed by atoms with E-state index in [0.29, 0.717) is 12.2 Å². The summed E-state index contributed by atoms with van der Waals surface area (Å²) >= 11 is 0. The van der Waals surface area contributed by atoms with Crippen LogP contribution in [-0.2, 0) is 23.9 Å². The Balaban J connectivity index is 1.95. The summed E-state index contributed by atoms with van der Waals surface area (Å²) < 4.78 is 12.2. The van der Waals surface area contributed by atoms with Crippen molar-refractivity contribution in [2.75, 3.05) is 14.2 Å². The molecule has 0 spiro atoms. The Morgan fingerprint density at radius 2 is 1.29 bits per heavy atom. The lowest BCUT2D eigenvalue weighted by Gasteiger charge is -2.54. The Hall–Kier alpha value is -1.37. The first kappa shape index (κ1) is 28.9. The van der Waals surface area contributed by atoms with Gasteiger partial charge >= 0.3 is 5.97 Å². The minimum Gasteiger partial charge on any atom is -0.487 e. The number of rotatable bonds is 9. The molecule has 34 heavy (non-hydrogen) atoms. The third-order valence-corrected chi connectivity index (χ3v) is 7.48. The van der Waals surface area contributed by atoms with Crippen LogP contribution in [-0.4, -0.2) is 64.7 Å². The zero-order valence-electron chi connectivity index (χ0n) is 23.2. The minimum atomic E-state index is -0.230. The van der Waals surface area contributed by atoms with E-state index in [1.54, 1.807) is 14.2 Å². The van der Waals surface area contributed by atoms with E-state index >= 15 is 0 Å². The van der Waals surface area contributed by atoms with Crippen molar-refractivity contribution in [1.29, 1.82) is 0 Å². The molecule has 0 saturated carbocycles. The molecule has 0 aromatic rings. The SMILES string of the molecule is C=C=C(CCC(=O)OC1CC(C)(C)N(OC)C(C)(C)C1)OC1CC(C)(C)N(OC)C(C)(CC)C1. The summed E-state index contributed by atoms with van der Waals surface area (Å²) in [6, 6.07) is 0. The van der Waals surface area contributed by atoms with Crippen LogP contribution < -0.4 is 0 Å². The van der Waals surface area contributed by atoms with Crippen molar-refractivity contribution in [1.82, 2.24) is 10.1 Å². The van der Waals surface area contributed by atoms with E-state index in [9.17, 15) is 4.79 Å².